The number of carbonyl (C=O) groups is 2. The smallest absolute Gasteiger partial charge is 0.358 e. The van der Waals surface area contributed by atoms with Crippen LogP contribution in [0.5, 0.6) is 0 Å². The number of aromatic nitrogens is 2. The van der Waals surface area contributed by atoms with Crippen LogP contribution in [0, 0.1) is 5.82 Å². The second-order valence-electron chi connectivity index (χ2n) is 5.77. The van der Waals surface area contributed by atoms with Gasteiger partial charge in [-0.15, -0.1) is 0 Å². The second kappa shape index (κ2) is 7.33. The first-order valence-corrected chi connectivity index (χ1v) is 7.99. The number of halogens is 1. The van der Waals surface area contributed by atoms with E-state index in [0.717, 1.165) is 11.3 Å². The van der Waals surface area contributed by atoms with Crippen LogP contribution in [-0.4, -0.2) is 46.9 Å². The summed E-state index contributed by atoms with van der Waals surface area (Å²) in [6, 6.07) is 7.69. The lowest BCUT2D eigenvalue weighted by atomic mass is 10.1. The minimum atomic E-state index is -0.489. The Morgan fingerprint density at radius 2 is 2.04 bits per heavy atom. The van der Waals surface area contributed by atoms with Crippen molar-refractivity contribution in [3.8, 4) is 0 Å². The molecule has 2 amide bonds. The van der Waals surface area contributed by atoms with Crippen LogP contribution >= 0.6 is 0 Å². The molecule has 1 aromatic heterocycles. The first kappa shape index (κ1) is 16.9. The van der Waals surface area contributed by atoms with E-state index >= 15 is 0 Å². The lowest BCUT2D eigenvalue weighted by molar-refractivity contribution is 0.0592. The molecule has 132 valence electrons. The molecule has 0 fully saturated rings. The van der Waals surface area contributed by atoms with E-state index in [0.29, 0.717) is 32.6 Å². The molecule has 25 heavy (non-hydrogen) atoms. The number of benzene rings is 1. The first-order chi connectivity index (χ1) is 12.1. The molecule has 0 saturated heterocycles. The van der Waals surface area contributed by atoms with Gasteiger partial charge in [-0.2, -0.15) is 5.10 Å². The lowest BCUT2D eigenvalue weighted by Crippen LogP contribution is -2.44. The van der Waals surface area contributed by atoms with E-state index in [4.69, 9.17) is 0 Å². The fourth-order valence-corrected chi connectivity index (χ4v) is 2.72. The molecule has 0 saturated carbocycles. The third-order valence-electron chi connectivity index (χ3n) is 4.08. The van der Waals surface area contributed by atoms with Crippen LogP contribution < -0.4 is 5.32 Å². The Kier molecular flexibility index (Phi) is 4.97. The van der Waals surface area contributed by atoms with Gasteiger partial charge >= 0.3 is 12.0 Å². The molecule has 0 aliphatic carbocycles. The van der Waals surface area contributed by atoms with E-state index in [1.165, 1.54) is 19.2 Å². The minimum Gasteiger partial charge on any atom is -0.464 e. The zero-order valence-electron chi connectivity index (χ0n) is 13.9. The summed E-state index contributed by atoms with van der Waals surface area (Å²) in [5, 5.41) is 7.04. The van der Waals surface area contributed by atoms with Crippen LogP contribution in [0.2, 0.25) is 0 Å². The van der Waals surface area contributed by atoms with Gasteiger partial charge in [-0.05, 0) is 30.2 Å². The maximum absolute atomic E-state index is 12.9. The SMILES string of the molecule is COC(=O)c1cc2n(n1)CCN(C(=O)NCCc1ccc(F)cc1)C2. The van der Waals surface area contributed by atoms with Crippen molar-refractivity contribution >= 4 is 12.0 Å². The van der Waals surface area contributed by atoms with Crippen LogP contribution in [0.3, 0.4) is 0 Å². The average Bonchev–Trinajstić information content (AvgIpc) is 3.05. The van der Waals surface area contributed by atoms with E-state index in [2.05, 4.69) is 15.2 Å². The number of esters is 1. The van der Waals surface area contributed by atoms with Crippen molar-refractivity contribution in [1.29, 1.82) is 0 Å². The summed E-state index contributed by atoms with van der Waals surface area (Å²) in [5.74, 6) is -0.763. The summed E-state index contributed by atoms with van der Waals surface area (Å²) in [6.07, 6.45) is 0.629. The molecule has 0 radical (unpaired) electrons. The Morgan fingerprint density at radius 1 is 1.28 bits per heavy atom. The first-order valence-electron chi connectivity index (χ1n) is 7.99. The summed E-state index contributed by atoms with van der Waals surface area (Å²) in [6.45, 7) is 1.88. The van der Waals surface area contributed by atoms with E-state index < -0.39 is 5.97 Å². The second-order valence-corrected chi connectivity index (χ2v) is 5.77. The molecule has 2 aromatic rings. The Bertz CT molecular complexity index is 773. The van der Waals surface area contributed by atoms with Crippen molar-refractivity contribution in [2.75, 3.05) is 20.2 Å². The zero-order valence-corrected chi connectivity index (χ0v) is 13.9. The van der Waals surface area contributed by atoms with Crippen LogP contribution in [-0.2, 0) is 24.2 Å². The molecule has 7 nitrogen and oxygen atoms in total. The minimum absolute atomic E-state index is 0.172. The third-order valence-corrected chi connectivity index (χ3v) is 4.08. The molecular weight excluding hydrogens is 327 g/mol. The van der Waals surface area contributed by atoms with Crippen LogP contribution in [0.1, 0.15) is 21.7 Å². The van der Waals surface area contributed by atoms with Gasteiger partial charge < -0.3 is 15.0 Å². The molecule has 0 unspecified atom stereocenters. The van der Waals surface area contributed by atoms with E-state index in [1.54, 1.807) is 27.8 Å². The Morgan fingerprint density at radius 3 is 2.76 bits per heavy atom. The number of hydrogen-bond acceptors (Lipinski definition) is 4. The Hall–Kier alpha value is -2.90. The normalized spacial score (nSPS) is 13.3. The third kappa shape index (κ3) is 3.96. The number of urea groups is 1. The highest BCUT2D eigenvalue weighted by molar-refractivity contribution is 5.87. The number of fused-ring (bicyclic) bond motifs is 1. The van der Waals surface area contributed by atoms with Crippen molar-refractivity contribution < 1.29 is 18.7 Å². The van der Waals surface area contributed by atoms with Crippen LogP contribution in [0.15, 0.2) is 30.3 Å². The highest BCUT2D eigenvalue weighted by atomic mass is 19.1. The van der Waals surface area contributed by atoms with Crippen LogP contribution in [0.25, 0.3) is 0 Å². The maximum atomic E-state index is 12.9. The van der Waals surface area contributed by atoms with Gasteiger partial charge in [-0.25, -0.2) is 14.0 Å². The van der Waals surface area contributed by atoms with Gasteiger partial charge in [0.1, 0.15) is 5.82 Å². The molecular formula is C17H19FN4O3. The molecule has 0 spiro atoms. The van der Waals surface area contributed by atoms with E-state index in [1.807, 2.05) is 0 Å². The Labute approximate surface area is 144 Å². The maximum Gasteiger partial charge on any atom is 0.358 e. The number of hydrogen-bond donors (Lipinski definition) is 1. The molecule has 1 aliphatic rings. The summed E-state index contributed by atoms with van der Waals surface area (Å²) in [4.78, 5) is 25.5. The van der Waals surface area contributed by atoms with Crippen molar-refractivity contribution in [3.05, 3.63) is 53.1 Å². The van der Waals surface area contributed by atoms with Gasteiger partial charge in [0.15, 0.2) is 5.69 Å². The van der Waals surface area contributed by atoms with Gasteiger partial charge in [0.05, 0.1) is 25.9 Å². The zero-order chi connectivity index (χ0) is 17.8. The van der Waals surface area contributed by atoms with Gasteiger partial charge in [-0.1, -0.05) is 12.1 Å². The molecule has 8 heteroatoms. The standard InChI is InChI=1S/C17H19FN4O3/c1-25-16(23)15-10-14-11-21(8-9-22(14)20-15)17(24)19-7-6-12-2-4-13(18)5-3-12/h2-5,10H,6-9,11H2,1H3,(H,19,24). The van der Waals surface area contributed by atoms with Crippen molar-refractivity contribution in [1.82, 2.24) is 20.0 Å². The largest absolute Gasteiger partial charge is 0.464 e. The Balaban J connectivity index is 1.52. The van der Waals surface area contributed by atoms with E-state index in [9.17, 15) is 14.0 Å². The summed E-state index contributed by atoms with van der Waals surface area (Å²) >= 11 is 0. The monoisotopic (exact) mass is 346 g/mol. The average molecular weight is 346 g/mol. The van der Waals surface area contributed by atoms with E-state index in [-0.39, 0.29) is 17.5 Å². The number of methoxy groups -OCH3 is 1. The van der Waals surface area contributed by atoms with Crippen molar-refractivity contribution in [2.45, 2.75) is 19.5 Å². The van der Waals surface area contributed by atoms with Gasteiger partial charge in [0, 0.05) is 13.1 Å². The molecule has 1 N–H and O–H groups in total. The van der Waals surface area contributed by atoms with Gasteiger partial charge in [-0.3, -0.25) is 4.68 Å². The van der Waals surface area contributed by atoms with Gasteiger partial charge in [0.2, 0.25) is 0 Å². The van der Waals surface area contributed by atoms with Crippen molar-refractivity contribution in [3.63, 3.8) is 0 Å². The molecule has 1 aliphatic heterocycles. The highest BCUT2D eigenvalue weighted by Gasteiger charge is 2.23. The molecule has 0 atom stereocenters. The quantitative estimate of drug-likeness (QED) is 0.853. The topological polar surface area (TPSA) is 76.5 Å². The highest BCUT2D eigenvalue weighted by Crippen LogP contribution is 2.14. The number of ether oxygens (including phenoxy) is 1. The lowest BCUT2D eigenvalue weighted by Gasteiger charge is -2.27. The molecule has 2 heterocycles. The van der Waals surface area contributed by atoms with Gasteiger partial charge in [0.25, 0.3) is 0 Å². The van der Waals surface area contributed by atoms with Crippen LogP contribution in [0.4, 0.5) is 9.18 Å². The molecule has 1 aromatic carbocycles. The summed E-state index contributed by atoms with van der Waals surface area (Å²) in [5.41, 5.74) is 2.00. The summed E-state index contributed by atoms with van der Waals surface area (Å²) < 4.78 is 19.2. The number of nitrogens with one attached hydrogen (secondary N) is 1. The fraction of sp³-hybridized carbons (Fsp3) is 0.353. The number of nitrogens with zero attached hydrogens (tertiary/aromatic N) is 3. The molecule has 0 bridgehead atoms. The molecule has 3 rings (SSSR count). The predicted octanol–water partition coefficient (Wildman–Crippen LogP) is 1.58. The fourth-order valence-electron chi connectivity index (χ4n) is 2.72. The number of amides is 2. The number of carbonyl (C=O) groups excluding carboxylic acids is 2. The summed E-state index contributed by atoms with van der Waals surface area (Å²) in [7, 11) is 1.31. The van der Waals surface area contributed by atoms with Crippen molar-refractivity contribution in [2.24, 2.45) is 0 Å². The number of rotatable bonds is 4. The predicted molar refractivity (Wildman–Crippen MR) is 87.5 cm³/mol.